The van der Waals surface area contributed by atoms with Crippen LogP contribution in [-0.2, 0) is 11.3 Å². The molecule has 1 N–H and O–H groups in total. The number of aromatic nitrogens is 3. The number of carbonyl (C=O) groups is 1. The van der Waals surface area contributed by atoms with E-state index in [4.69, 9.17) is 0 Å². The number of nitrogens with one attached hydrogen (secondary N) is 1. The number of rotatable bonds is 4. The third-order valence-electron chi connectivity index (χ3n) is 3.15. The molecule has 1 saturated heterocycles. The number of piperidine rings is 1. The van der Waals surface area contributed by atoms with Gasteiger partial charge in [0.1, 0.15) is 19.2 Å². The second-order valence-electron chi connectivity index (χ2n) is 4.39. The van der Waals surface area contributed by atoms with Crippen molar-refractivity contribution in [3.05, 3.63) is 12.7 Å². The number of carbonyl (C=O) groups excluding carboxylic acids is 1. The Balaban J connectivity index is 1.96. The first kappa shape index (κ1) is 12.0. The minimum atomic E-state index is 0.135. The molecule has 17 heavy (non-hydrogen) atoms. The molecule has 2 rings (SSSR count). The zero-order valence-corrected chi connectivity index (χ0v) is 10.2. The Morgan fingerprint density at radius 1 is 1.53 bits per heavy atom. The molecule has 6 heteroatoms. The zero-order valence-electron chi connectivity index (χ0n) is 10.2. The predicted molar refractivity (Wildman–Crippen MR) is 63.3 cm³/mol. The summed E-state index contributed by atoms with van der Waals surface area (Å²) in [4.78, 5) is 18.0. The highest BCUT2D eigenvalue weighted by molar-refractivity contribution is 5.76. The van der Waals surface area contributed by atoms with E-state index in [-0.39, 0.29) is 5.91 Å². The predicted octanol–water partition coefficient (Wildman–Crippen LogP) is -0.121. The molecule has 0 saturated carbocycles. The second kappa shape index (κ2) is 5.77. The first-order valence-electron chi connectivity index (χ1n) is 6.07. The summed E-state index contributed by atoms with van der Waals surface area (Å²) in [6, 6.07) is 0.324. The SMILES string of the molecule is CNCC1CCCCN1C(=O)Cn1cncn1. The van der Waals surface area contributed by atoms with Gasteiger partial charge in [0.2, 0.25) is 5.91 Å². The van der Waals surface area contributed by atoms with E-state index in [9.17, 15) is 4.79 Å². The largest absolute Gasteiger partial charge is 0.337 e. The van der Waals surface area contributed by atoms with E-state index >= 15 is 0 Å². The summed E-state index contributed by atoms with van der Waals surface area (Å²) in [5.41, 5.74) is 0. The van der Waals surface area contributed by atoms with Crippen molar-refractivity contribution < 1.29 is 4.79 Å². The Morgan fingerprint density at radius 3 is 3.12 bits per heavy atom. The van der Waals surface area contributed by atoms with Crippen LogP contribution in [0.3, 0.4) is 0 Å². The third-order valence-corrected chi connectivity index (χ3v) is 3.15. The number of likely N-dealkylation sites (tertiary alicyclic amines) is 1. The smallest absolute Gasteiger partial charge is 0.244 e. The van der Waals surface area contributed by atoms with Gasteiger partial charge in [0.05, 0.1) is 0 Å². The normalized spacial score (nSPS) is 20.5. The summed E-state index contributed by atoms with van der Waals surface area (Å²) in [6.45, 7) is 2.02. The Hall–Kier alpha value is -1.43. The maximum absolute atomic E-state index is 12.2. The molecule has 94 valence electrons. The van der Waals surface area contributed by atoms with E-state index in [0.717, 1.165) is 25.9 Å². The lowest BCUT2D eigenvalue weighted by molar-refractivity contribution is -0.135. The molecule has 1 amide bonds. The van der Waals surface area contributed by atoms with Crippen LogP contribution in [-0.4, -0.2) is 51.8 Å². The van der Waals surface area contributed by atoms with Gasteiger partial charge in [0.15, 0.2) is 0 Å². The van der Waals surface area contributed by atoms with Crippen LogP contribution >= 0.6 is 0 Å². The summed E-state index contributed by atoms with van der Waals surface area (Å²) < 4.78 is 1.58. The molecule has 1 aliphatic heterocycles. The van der Waals surface area contributed by atoms with Crippen LogP contribution in [0.1, 0.15) is 19.3 Å². The lowest BCUT2D eigenvalue weighted by Gasteiger charge is -2.35. The van der Waals surface area contributed by atoms with Crippen molar-refractivity contribution in [1.29, 1.82) is 0 Å². The molecule has 1 atom stereocenters. The van der Waals surface area contributed by atoms with Gasteiger partial charge in [-0.25, -0.2) is 9.67 Å². The summed E-state index contributed by atoms with van der Waals surface area (Å²) in [7, 11) is 1.93. The van der Waals surface area contributed by atoms with Crippen LogP contribution in [0.2, 0.25) is 0 Å². The topological polar surface area (TPSA) is 63.1 Å². The van der Waals surface area contributed by atoms with Crippen LogP contribution in [0.25, 0.3) is 0 Å². The molecule has 1 fully saturated rings. The van der Waals surface area contributed by atoms with Crippen LogP contribution in [0.15, 0.2) is 12.7 Å². The molecule has 1 aromatic rings. The summed E-state index contributed by atoms with van der Waals surface area (Å²) in [6.07, 6.45) is 6.43. The first-order chi connectivity index (χ1) is 8.31. The third kappa shape index (κ3) is 3.03. The van der Waals surface area contributed by atoms with Gasteiger partial charge in [0, 0.05) is 19.1 Å². The lowest BCUT2D eigenvalue weighted by atomic mass is 10.0. The number of likely N-dealkylation sites (N-methyl/N-ethyl adjacent to an activating group) is 1. The van der Waals surface area contributed by atoms with Crippen molar-refractivity contribution in [3.8, 4) is 0 Å². The average Bonchev–Trinajstić information content (AvgIpc) is 2.83. The number of hydrogen-bond donors (Lipinski definition) is 1. The molecular weight excluding hydrogens is 218 g/mol. The number of nitrogens with zero attached hydrogens (tertiary/aromatic N) is 4. The Bertz CT molecular complexity index is 349. The van der Waals surface area contributed by atoms with Crippen molar-refractivity contribution in [2.45, 2.75) is 31.8 Å². The molecule has 0 aliphatic carbocycles. The van der Waals surface area contributed by atoms with E-state index in [1.54, 1.807) is 11.0 Å². The van der Waals surface area contributed by atoms with Gasteiger partial charge in [-0.05, 0) is 26.3 Å². The molecule has 6 nitrogen and oxygen atoms in total. The minimum absolute atomic E-state index is 0.135. The zero-order chi connectivity index (χ0) is 12.1. The Labute approximate surface area is 101 Å². The van der Waals surface area contributed by atoms with E-state index in [1.807, 2.05) is 11.9 Å². The van der Waals surface area contributed by atoms with Crippen molar-refractivity contribution in [2.75, 3.05) is 20.1 Å². The van der Waals surface area contributed by atoms with Crippen LogP contribution in [0, 0.1) is 0 Å². The second-order valence-corrected chi connectivity index (χ2v) is 4.39. The number of hydrogen-bond acceptors (Lipinski definition) is 4. The van der Waals surface area contributed by atoms with E-state index < -0.39 is 0 Å². The Morgan fingerprint density at radius 2 is 2.41 bits per heavy atom. The molecule has 1 unspecified atom stereocenters. The fraction of sp³-hybridized carbons (Fsp3) is 0.727. The van der Waals surface area contributed by atoms with Crippen molar-refractivity contribution >= 4 is 5.91 Å². The molecule has 0 bridgehead atoms. The van der Waals surface area contributed by atoms with Crippen molar-refractivity contribution in [3.63, 3.8) is 0 Å². The summed E-state index contributed by atoms with van der Waals surface area (Å²) in [5.74, 6) is 0.135. The van der Waals surface area contributed by atoms with E-state index in [0.29, 0.717) is 12.6 Å². The van der Waals surface area contributed by atoms with Gasteiger partial charge in [-0.2, -0.15) is 5.10 Å². The van der Waals surface area contributed by atoms with Gasteiger partial charge in [0.25, 0.3) is 0 Å². The van der Waals surface area contributed by atoms with Crippen LogP contribution in [0.4, 0.5) is 0 Å². The van der Waals surface area contributed by atoms with E-state index in [1.165, 1.54) is 12.7 Å². The van der Waals surface area contributed by atoms with Gasteiger partial charge in [-0.15, -0.1) is 0 Å². The lowest BCUT2D eigenvalue weighted by Crippen LogP contribution is -2.49. The first-order valence-corrected chi connectivity index (χ1v) is 6.07. The van der Waals surface area contributed by atoms with Crippen molar-refractivity contribution in [2.24, 2.45) is 0 Å². The molecule has 1 aromatic heterocycles. The molecule has 1 aliphatic rings. The monoisotopic (exact) mass is 237 g/mol. The number of amides is 1. The van der Waals surface area contributed by atoms with E-state index in [2.05, 4.69) is 15.4 Å². The highest BCUT2D eigenvalue weighted by Crippen LogP contribution is 2.16. The molecule has 2 heterocycles. The maximum atomic E-state index is 12.2. The van der Waals surface area contributed by atoms with Gasteiger partial charge >= 0.3 is 0 Å². The van der Waals surface area contributed by atoms with Crippen LogP contribution in [0.5, 0.6) is 0 Å². The van der Waals surface area contributed by atoms with Crippen molar-refractivity contribution in [1.82, 2.24) is 25.0 Å². The summed E-state index contributed by atoms with van der Waals surface area (Å²) in [5, 5.41) is 7.12. The maximum Gasteiger partial charge on any atom is 0.244 e. The highest BCUT2D eigenvalue weighted by Gasteiger charge is 2.26. The average molecular weight is 237 g/mol. The fourth-order valence-corrected chi connectivity index (χ4v) is 2.32. The van der Waals surface area contributed by atoms with Gasteiger partial charge in [-0.3, -0.25) is 4.79 Å². The standard InChI is InChI=1S/C11H19N5O/c1-12-6-10-4-2-3-5-16(10)11(17)7-15-9-13-8-14-15/h8-10,12H,2-7H2,1H3. The molecule has 0 radical (unpaired) electrons. The molecular formula is C11H19N5O. The highest BCUT2D eigenvalue weighted by atomic mass is 16.2. The Kier molecular flexibility index (Phi) is 4.08. The fourth-order valence-electron chi connectivity index (χ4n) is 2.32. The van der Waals surface area contributed by atoms with Gasteiger partial charge < -0.3 is 10.2 Å². The van der Waals surface area contributed by atoms with Crippen LogP contribution < -0.4 is 5.32 Å². The summed E-state index contributed by atoms with van der Waals surface area (Å²) >= 11 is 0. The quantitative estimate of drug-likeness (QED) is 0.793. The van der Waals surface area contributed by atoms with Gasteiger partial charge in [-0.1, -0.05) is 0 Å². The minimum Gasteiger partial charge on any atom is -0.337 e. The molecule has 0 spiro atoms. The molecule has 0 aromatic carbocycles.